The highest BCUT2D eigenvalue weighted by Crippen LogP contribution is 2.18. The molecule has 2 saturated heterocycles. The second kappa shape index (κ2) is 9.00. The molecule has 1 atom stereocenters. The van der Waals surface area contributed by atoms with E-state index in [0.29, 0.717) is 46.0 Å². The summed E-state index contributed by atoms with van der Waals surface area (Å²) in [5, 5.41) is 2.89. The maximum atomic E-state index is 12.6. The van der Waals surface area contributed by atoms with E-state index >= 15 is 0 Å². The Labute approximate surface area is 154 Å². The monoisotopic (exact) mass is 361 g/mol. The number of rotatable bonds is 6. The van der Waals surface area contributed by atoms with Gasteiger partial charge >= 0.3 is 0 Å². The maximum Gasteiger partial charge on any atom is 0.237 e. The van der Waals surface area contributed by atoms with E-state index in [0.717, 1.165) is 17.9 Å². The Morgan fingerprint density at radius 1 is 1.23 bits per heavy atom. The van der Waals surface area contributed by atoms with Gasteiger partial charge in [0, 0.05) is 32.7 Å². The minimum Gasteiger partial charge on any atom is -0.494 e. The number of hydrogen-bond acceptors (Lipinski definition) is 5. The fraction of sp³-hybridized carbons (Fsp3) is 0.579. The number of carbonyl (C=O) groups excluding carboxylic acids is 2. The van der Waals surface area contributed by atoms with Crippen LogP contribution in [0.4, 0.5) is 0 Å². The number of amides is 2. The van der Waals surface area contributed by atoms with Gasteiger partial charge in [0.1, 0.15) is 5.75 Å². The molecule has 2 amide bonds. The Kier molecular flexibility index (Phi) is 6.46. The number of nitrogens with zero attached hydrogens (tertiary/aromatic N) is 2. The van der Waals surface area contributed by atoms with Gasteiger partial charge in [-0.2, -0.15) is 0 Å². The summed E-state index contributed by atoms with van der Waals surface area (Å²) in [4.78, 5) is 28.8. The van der Waals surface area contributed by atoms with Crippen LogP contribution in [-0.2, 0) is 20.9 Å². The van der Waals surface area contributed by atoms with Crippen molar-refractivity contribution in [3.05, 3.63) is 29.8 Å². The van der Waals surface area contributed by atoms with E-state index in [1.165, 1.54) is 0 Å². The summed E-state index contributed by atoms with van der Waals surface area (Å²) in [5.41, 5.74) is 1.10. The van der Waals surface area contributed by atoms with Crippen molar-refractivity contribution < 1.29 is 19.1 Å². The predicted molar refractivity (Wildman–Crippen MR) is 96.8 cm³/mol. The summed E-state index contributed by atoms with van der Waals surface area (Å²) < 4.78 is 10.8. The van der Waals surface area contributed by atoms with Crippen LogP contribution in [-0.4, -0.2) is 73.7 Å². The average molecular weight is 361 g/mol. The molecule has 2 fully saturated rings. The van der Waals surface area contributed by atoms with Gasteiger partial charge in [-0.05, 0) is 24.6 Å². The summed E-state index contributed by atoms with van der Waals surface area (Å²) in [5.74, 6) is 0.794. The number of ether oxygens (including phenoxy) is 2. The summed E-state index contributed by atoms with van der Waals surface area (Å²) in [7, 11) is 0. The molecule has 1 N–H and O–H groups in total. The molecular weight excluding hydrogens is 334 g/mol. The number of piperazine rings is 1. The van der Waals surface area contributed by atoms with Crippen LogP contribution in [0.1, 0.15) is 18.9 Å². The molecule has 2 heterocycles. The van der Waals surface area contributed by atoms with Crippen LogP contribution < -0.4 is 10.1 Å². The maximum absolute atomic E-state index is 12.6. The third-order valence-corrected chi connectivity index (χ3v) is 4.79. The van der Waals surface area contributed by atoms with E-state index in [4.69, 9.17) is 9.47 Å². The van der Waals surface area contributed by atoms with Gasteiger partial charge in [-0.1, -0.05) is 12.1 Å². The zero-order valence-electron chi connectivity index (χ0n) is 15.3. The fourth-order valence-corrected chi connectivity index (χ4v) is 3.37. The first-order valence-corrected chi connectivity index (χ1v) is 9.26. The van der Waals surface area contributed by atoms with Gasteiger partial charge < -0.3 is 19.7 Å². The molecule has 7 heteroatoms. The summed E-state index contributed by atoms with van der Waals surface area (Å²) >= 11 is 0. The standard InChI is InChI=1S/C19H27N3O4/c1-2-26-16-5-3-15(4-6-16)14-22-8-7-20-19(24)17(22)13-18(23)21-9-11-25-12-10-21/h3-6,17H,2,7-14H2,1H3,(H,20,24)/t17-/m1/s1. The number of hydrogen-bond donors (Lipinski definition) is 1. The molecular formula is C19H27N3O4. The van der Waals surface area contributed by atoms with Crippen LogP contribution in [0.3, 0.4) is 0 Å². The molecule has 2 aliphatic heterocycles. The van der Waals surface area contributed by atoms with Crippen LogP contribution in [0.25, 0.3) is 0 Å². The molecule has 0 radical (unpaired) electrons. The van der Waals surface area contributed by atoms with Crippen molar-refractivity contribution in [2.75, 3.05) is 46.0 Å². The second-order valence-electron chi connectivity index (χ2n) is 6.55. The molecule has 0 unspecified atom stereocenters. The van der Waals surface area contributed by atoms with Crippen molar-refractivity contribution in [1.29, 1.82) is 0 Å². The van der Waals surface area contributed by atoms with Gasteiger partial charge in [-0.25, -0.2) is 0 Å². The molecule has 142 valence electrons. The largest absolute Gasteiger partial charge is 0.494 e. The highest BCUT2D eigenvalue weighted by Gasteiger charge is 2.33. The van der Waals surface area contributed by atoms with E-state index in [1.54, 1.807) is 4.90 Å². The highest BCUT2D eigenvalue weighted by molar-refractivity contribution is 5.88. The van der Waals surface area contributed by atoms with E-state index in [1.807, 2.05) is 31.2 Å². The lowest BCUT2D eigenvalue weighted by atomic mass is 10.1. The zero-order valence-corrected chi connectivity index (χ0v) is 15.3. The SMILES string of the molecule is CCOc1ccc(CN2CCNC(=O)[C@H]2CC(=O)N2CCOCC2)cc1. The first kappa shape index (κ1) is 18.7. The molecule has 1 aromatic carbocycles. The highest BCUT2D eigenvalue weighted by atomic mass is 16.5. The minimum atomic E-state index is -0.425. The number of benzene rings is 1. The molecule has 7 nitrogen and oxygen atoms in total. The van der Waals surface area contributed by atoms with Gasteiger partial charge in [-0.3, -0.25) is 14.5 Å². The quantitative estimate of drug-likeness (QED) is 0.805. The van der Waals surface area contributed by atoms with Crippen molar-refractivity contribution in [1.82, 2.24) is 15.1 Å². The van der Waals surface area contributed by atoms with Crippen LogP contribution in [0.15, 0.2) is 24.3 Å². The lowest BCUT2D eigenvalue weighted by molar-refractivity contribution is -0.141. The van der Waals surface area contributed by atoms with Crippen molar-refractivity contribution in [3.8, 4) is 5.75 Å². The van der Waals surface area contributed by atoms with Crippen LogP contribution in [0, 0.1) is 0 Å². The third kappa shape index (κ3) is 4.74. The summed E-state index contributed by atoms with van der Waals surface area (Å²) in [6, 6.07) is 7.48. The number of morpholine rings is 1. The van der Waals surface area contributed by atoms with E-state index < -0.39 is 6.04 Å². The molecule has 0 saturated carbocycles. The molecule has 26 heavy (non-hydrogen) atoms. The van der Waals surface area contributed by atoms with E-state index in [9.17, 15) is 9.59 Å². The van der Waals surface area contributed by atoms with Gasteiger partial charge in [0.2, 0.25) is 11.8 Å². The molecule has 0 bridgehead atoms. The predicted octanol–water partition coefficient (Wildman–Crippen LogP) is 0.635. The van der Waals surface area contributed by atoms with Gasteiger partial charge in [0.05, 0.1) is 32.3 Å². The smallest absolute Gasteiger partial charge is 0.237 e. The Bertz CT molecular complexity index is 614. The number of nitrogens with one attached hydrogen (secondary N) is 1. The Hall–Kier alpha value is -2.12. The third-order valence-electron chi connectivity index (χ3n) is 4.79. The van der Waals surface area contributed by atoms with Crippen LogP contribution >= 0.6 is 0 Å². The van der Waals surface area contributed by atoms with E-state index in [-0.39, 0.29) is 18.2 Å². The summed E-state index contributed by atoms with van der Waals surface area (Å²) in [6.07, 6.45) is 0.211. The van der Waals surface area contributed by atoms with Gasteiger partial charge in [-0.15, -0.1) is 0 Å². The van der Waals surface area contributed by atoms with Gasteiger partial charge in [0.25, 0.3) is 0 Å². The molecule has 0 spiro atoms. The zero-order chi connectivity index (χ0) is 18.4. The molecule has 0 aromatic heterocycles. The van der Waals surface area contributed by atoms with Crippen LogP contribution in [0.2, 0.25) is 0 Å². The first-order valence-electron chi connectivity index (χ1n) is 9.26. The molecule has 3 rings (SSSR count). The second-order valence-corrected chi connectivity index (χ2v) is 6.55. The Morgan fingerprint density at radius 3 is 2.65 bits per heavy atom. The van der Waals surface area contributed by atoms with E-state index in [2.05, 4.69) is 10.2 Å². The summed E-state index contributed by atoms with van der Waals surface area (Å²) in [6.45, 7) is 6.92. The lowest BCUT2D eigenvalue weighted by Gasteiger charge is -2.36. The molecule has 0 aliphatic carbocycles. The lowest BCUT2D eigenvalue weighted by Crippen LogP contribution is -2.56. The van der Waals surface area contributed by atoms with Crippen molar-refractivity contribution in [2.45, 2.75) is 25.9 Å². The Morgan fingerprint density at radius 2 is 1.96 bits per heavy atom. The first-order chi connectivity index (χ1) is 12.7. The molecule has 1 aromatic rings. The normalized spacial score (nSPS) is 21.3. The van der Waals surface area contributed by atoms with Crippen molar-refractivity contribution >= 4 is 11.8 Å². The van der Waals surface area contributed by atoms with Crippen molar-refractivity contribution in [3.63, 3.8) is 0 Å². The van der Waals surface area contributed by atoms with Crippen LogP contribution in [0.5, 0.6) is 5.75 Å². The minimum absolute atomic E-state index is 0.0204. The number of carbonyl (C=O) groups is 2. The molecule has 2 aliphatic rings. The Balaban J connectivity index is 1.63. The fourth-order valence-electron chi connectivity index (χ4n) is 3.37. The average Bonchev–Trinajstić information content (AvgIpc) is 2.67. The van der Waals surface area contributed by atoms with Crippen molar-refractivity contribution in [2.24, 2.45) is 0 Å². The topological polar surface area (TPSA) is 71.1 Å². The van der Waals surface area contributed by atoms with Gasteiger partial charge in [0.15, 0.2) is 0 Å².